The van der Waals surface area contributed by atoms with Crippen molar-refractivity contribution >= 4 is 11.6 Å². The Kier molecular flexibility index (Phi) is 5.60. The van der Waals surface area contributed by atoms with Crippen LogP contribution in [0.4, 0.5) is 13.2 Å². The summed E-state index contributed by atoms with van der Waals surface area (Å²) in [5.74, 6) is 2.24. The van der Waals surface area contributed by atoms with Crippen LogP contribution in [-0.4, -0.2) is 22.1 Å². The SMILES string of the molecule is COc1cc(-c2[nH]c(C3CCC3)nc2Cl)ccc1OCc1ccc(C(F)(F)F)cn1. The van der Waals surface area contributed by atoms with Gasteiger partial charge in [-0.05, 0) is 43.2 Å². The Balaban J connectivity index is 1.49. The van der Waals surface area contributed by atoms with Gasteiger partial charge >= 0.3 is 6.18 Å². The summed E-state index contributed by atoms with van der Waals surface area (Å²) in [6, 6.07) is 7.59. The zero-order valence-electron chi connectivity index (χ0n) is 16.1. The molecule has 1 saturated carbocycles. The number of ether oxygens (including phenoxy) is 2. The first-order valence-corrected chi connectivity index (χ1v) is 9.81. The molecule has 158 valence electrons. The zero-order chi connectivity index (χ0) is 21.3. The van der Waals surface area contributed by atoms with Crippen molar-refractivity contribution in [2.75, 3.05) is 7.11 Å². The lowest BCUT2D eigenvalue weighted by Gasteiger charge is -2.22. The number of methoxy groups -OCH3 is 1. The van der Waals surface area contributed by atoms with Gasteiger partial charge in [0.25, 0.3) is 0 Å². The summed E-state index contributed by atoms with van der Waals surface area (Å²) in [5.41, 5.74) is 1.09. The molecule has 1 N–H and O–H groups in total. The van der Waals surface area contributed by atoms with Gasteiger partial charge in [0.05, 0.1) is 24.1 Å². The average molecular weight is 438 g/mol. The lowest BCUT2D eigenvalue weighted by molar-refractivity contribution is -0.137. The minimum absolute atomic E-state index is 0.00445. The van der Waals surface area contributed by atoms with Crippen LogP contribution < -0.4 is 9.47 Å². The Labute approximate surface area is 176 Å². The number of hydrogen-bond acceptors (Lipinski definition) is 4. The molecular weight excluding hydrogens is 419 g/mol. The van der Waals surface area contributed by atoms with Gasteiger partial charge in [-0.2, -0.15) is 13.2 Å². The summed E-state index contributed by atoms with van der Waals surface area (Å²) in [6.45, 7) is 0.00445. The smallest absolute Gasteiger partial charge is 0.417 e. The fourth-order valence-electron chi connectivity index (χ4n) is 3.21. The van der Waals surface area contributed by atoms with Crippen LogP contribution in [0.15, 0.2) is 36.5 Å². The van der Waals surface area contributed by atoms with Gasteiger partial charge in [-0.1, -0.05) is 18.0 Å². The monoisotopic (exact) mass is 437 g/mol. The van der Waals surface area contributed by atoms with Gasteiger partial charge in [-0.15, -0.1) is 0 Å². The Morgan fingerprint density at radius 3 is 2.57 bits per heavy atom. The second kappa shape index (κ2) is 8.18. The summed E-state index contributed by atoms with van der Waals surface area (Å²) >= 11 is 6.32. The Morgan fingerprint density at radius 1 is 1.17 bits per heavy atom. The molecule has 1 aliphatic carbocycles. The summed E-state index contributed by atoms with van der Waals surface area (Å²) < 4.78 is 49.0. The first-order valence-electron chi connectivity index (χ1n) is 9.44. The number of aromatic amines is 1. The molecule has 1 fully saturated rings. The second-order valence-electron chi connectivity index (χ2n) is 7.11. The predicted octanol–water partition coefficient (Wildman–Crippen LogP) is 6.00. The van der Waals surface area contributed by atoms with E-state index in [1.165, 1.54) is 19.6 Å². The second-order valence-corrected chi connectivity index (χ2v) is 7.46. The minimum Gasteiger partial charge on any atom is -0.493 e. The highest BCUT2D eigenvalue weighted by atomic mass is 35.5. The van der Waals surface area contributed by atoms with Crippen LogP contribution in [0.3, 0.4) is 0 Å². The topological polar surface area (TPSA) is 60.0 Å². The highest BCUT2D eigenvalue weighted by molar-refractivity contribution is 6.31. The standard InChI is InChI=1S/C21H19ClF3N3O2/c1-29-17-9-13(18-19(22)28-20(27-18)12-3-2-4-12)5-8-16(17)30-11-15-7-6-14(10-26-15)21(23,24)25/h5-10,12H,2-4,11H2,1H3,(H,27,28). The molecule has 0 saturated heterocycles. The molecule has 0 aliphatic heterocycles. The van der Waals surface area contributed by atoms with Gasteiger partial charge < -0.3 is 14.5 Å². The highest BCUT2D eigenvalue weighted by Crippen LogP contribution is 2.39. The van der Waals surface area contributed by atoms with Crippen LogP contribution in [-0.2, 0) is 12.8 Å². The van der Waals surface area contributed by atoms with Gasteiger partial charge in [-0.25, -0.2) is 4.98 Å². The van der Waals surface area contributed by atoms with Crippen LogP contribution in [0.25, 0.3) is 11.3 Å². The fourth-order valence-corrected chi connectivity index (χ4v) is 3.45. The maximum absolute atomic E-state index is 12.6. The number of pyridine rings is 1. The lowest BCUT2D eigenvalue weighted by atomic mass is 9.85. The summed E-state index contributed by atoms with van der Waals surface area (Å²) in [6.07, 6.45) is -0.211. The number of alkyl halides is 3. The van der Waals surface area contributed by atoms with E-state index >= 15 is 0 Å². The number of imidazole rings is 1. The van der Waals surface area contributed by atoms with E-state index in [-0.39, 0.29) is 6.61 Å². The fraction of sp³-hybridized carbons (Fsp3) is 0.333. The number of rotatable bonds is 6. The van der Waals surface area contributed by atoms with Crippen molar-refractivity contribution in [1.82, 2.24) is 15.0 Å². The van der Waals surface area contributed by atoms with Crippen LogP contribution in [0, 0.1) is 0 Å². The minimum atomic E-state index is -4.42. The molecule has 3 aromatic rings. The third-order valence-electron chi connectivity index (χ3n) is 5.15. The van der Waals surface area contributed by atoms with Gasteiger partial charge in [-0.3, -0.25) is 4.98 Å². The molecular formula is C21H19ClF3N3O2. The molecule has 9 heteroatoms. The van der Waals surface area contributed by atoms with Gasteiger partial charge in [0.2, 0.25) is 0 Å². The Hall–Kier alpha value is -2.74. The molecule has 1 aliphatic rings. The van der Waals surface area contributed by atoms with Crippen molar-refractivity contribution in [3.8, 4) is 22.8 Å². The van der Waals surface area contributed by atoms with E-state index in [9.17, 15) is 13.2 Å². The molecule has 0 radical (unpaired) electrons. The number of nitrogens with zero attached hydrogens (tertiary/aromatic N) is 2. The first-order chi connectivity index (χ1) is 14.3. The van der Waals surface area contributed by atoms with Gasteiger partial charge in [0.1, 0.15) is 12.4 Å². The summed E-state index contributed by atoms with van der Waals surface area (Å²) in [7, 11) is 1.51. The molecule has 0 bridgehead atoms. The normalized spacial score (nSPS) is 14.4. The average Bonchev–Trinajstić information content (AvgIpc) is 3.05. The Bertz CT molecular complexity index is 1030. The summed E-state index contributed by atoms with van der Waals surface area (Å²) in [4.78, 5) is 11.5. The number of benzene rings is 1. The largest absolute Gasteiger partial charge is 0.493 e. The van der Waals surface area contributed by atoms with Crippen molar-refractivity contribution in [2.24, 2.45) is 0 Å². The van der Waals surface area contributed by atoms with Crippen molar-refractivity contribution in [1.29, 1.82) is 0 Å². The van der Waals surface area contributed by atoms with E-state index in [0.29, 0.717) is 34.0 Å². The molecule has 30 heavy (non-hydrogen) atoms. The summed E-state index contributed by atoms with van der Waals surface area (Å²) in [5, 5.41) is 0.404. The predicted molar refractivity (Wildman–Crippen MR) is 106 cm³/mol. The third-order valence-corrected chi connectivity index (χ3v) is 5.42. The number of aromatic nitrogens is 3. The lowest BCUT2D eigenvalue weighted by Crippen LogP contribution is -2.10. The third kappa shape index (κ3) is 4.23. The van der Waals surface area contributed by atoms with Crippen molar-refractivity contribution in [3.05, 3.63) is 58.8 Å². The van der Waals surface area contributed by atoms with Crippen LogP contribution in [0.5, 0.6) is 11.5 Å². The zero-order valence-corrected chi connectivity index (χ0v) is 16.8. The van der Waals surface area contributed by atoms with E-state index < -0.39 is 11.7 Å². The van der Waals surface area contributed by atoms with E-state index in [4.69, 9.17) is 21.1 Å². The number of nitrogens with one attached hydrogen (secondary N) is 1. The molecule has 1 aromatic carbocycles. The number of H-pyrrole nitrogens is 1. The molecule has 0 atom stereocenters. The molecule has 2 heterocycles. The first kappa shape index (κ1) is 20.5. The molecule has 0 unspecified atom stereocenters. The van der Waals surface area contributed by atoms with Crippen molar-refractivity contribution in [3.63, 3.8) is 0 Å². The van der Waals surface area contributed by atoms with Gasteiger partial charge in [0.15, 0.2) is 16.7 Å². The molecule has 5 nitrogen and oxygen atoms in total. The van der Waals surface area contributed by atoms with Crippen molar-refractivity contribution in [2.45, 2.75) is 38.0 Å². The van der Waals surface area contributed by atoms with E-state index in [0.717, 1.165) is 36.5 Å². The number of halogens is 4. The molecule has 0 spiro atoms. The van der Waals surface area contributed by atoms with Gasteiger partial charge in [0, 0.05) is 17.7 Å². The van der Waals surface area contributed by atoms with Crippen molar-refractivity contribution < 1.29 is 22.6 Å². The maximum atomic E-state index is 12.6. The van der Waals surface area contributed by atoms with Crippen LogP contribution in [0.2, 0.25) is 5.15 Å². The molecule has 4 rings (SSSR count). The molecule has 2 aromatic heterocycles. The molecule has 0 amide bonds. The number of hydrogen-bond donors (Lipinski definition) is 1. The van der Waals surface area contributed by atoms with Crippen LogP contribution in [0.1, 0.15) is 42.3 Å². The Morgan fingerprint density at radius 2 is 1.97 bits per heavy atom. The van der Waals surface area contributed by atoms with E-state index in [1.807, 2.05) is 6.07 Å². The quantitative estimate of drug-likeness (QED) is 0.514. The highest BCUT2D eigenvalue weighted by Gasteiger charge is 2.30. The van der Waals surface area contributed by atoms with Crippen LogP contribution >= 0.6 is 11.6 Å². The van der Waals surface area contributed by atoms with E-state index in [1.54, 1.807) is 12.1 Å². The van der Waals surface area contributed by atoms with E-state index in [2.05, 4.69) is 15.0 Å². The maximum Gasteiger partial charge on any atom is 0.417 e.